The fourth-order valence-corrected chi connectivity index (χ4v) is 2.06. The Hall–Kier alpha value is -2.49. The van der Waals surface area contributed by atoms with Crippen molar-refractivity contribution in [2.24, 2.45) is 0 Å². The molecule has 0 aliphatic rings. The molecule has 110 valence electrons. The number of para-hydroxylation sites is 2. The number of nitrogens with one attached hydrogen (secondary N) is 1. The lowest BCUT2D eigenvalue weighted by Gasteiger charge is -2.12. The molecule has 0 aliphatic heterocycles. The molecule has 0 spiro atoms. The Kier molecular flexibility index (Phi) is 5.21. The third kappa shape index (κ3) is 3.75. The Labute approximate surface area is 124 Å². The van der Waals surface area contributed by atoms with Crippen LogP contribution in [0.15, 0.2) is 48.5 Å². The predicted molar refractivity (Wildman–Crippen MR) is 81.8 cm³/mol. The zero-order valence-electron chi connectivity index (χ0n) is 12.3. The van der Waals surface area contributed by atoms with Gasteiger partial charge in [-0.1, -0.05) is 30.3 Å². The van der Waals surface area contributed by atoms with Gasteiger partial charge in [-0.15, -0.1) is 0 Å². The van der Waals surface area contributed by atoms with Crippen molar-refractivity contribution in [2.45, 2.75) is 13.5 Å². The van der Waals surface area contributed by atoms with Gasteiger partial charge in [0, 0.05) is 12.1 Å². The van der Waals surface area contributed by atoms with Crippen LogP contribution in [0.3, 0.4) is 0 Å². The Balaban J connectivity index is 2.08. The second-order valence-electron chi connectivity index (χ2n) is 4.42. The van der Waals surface area contributed by atoms with Crippen LogP contribution < -0.4 is 14.8 Å². The van der Waals surface area contributed by atoms with Crippen LogP contribution in [-0.4, -0.2) is 19.6 Å². The van der Waals surface area contributed by atoms with Crippen LogP contribution in [0.1, 0.15) is 22.8 Å². The van der Waals surface area contributed by atoms with Crippen LogP contribution in [0.25, 0.3) is 0 Å². The number of rotatable bonds is 6. The average Bonchev–Trinajstić information content (AvgIpc) is 2.53. The van der Waals surface area contributed by atoms with E-state index in [9.17, 15) is 4.79 Å². The maximum Gasteiger partial charge on any atom is 0.255 e. The maximum atomic E-state index is 12.3. The summed E-state index contributed by atoms with van der Waals surface area (Å²) < 4.78 is 10.7. The minimum absolute atomic E-state index is 0.162. The highest BCUT2D eigenvalue weighted by molar-refractivity contribution is 5.96. The Morgan fingerprint density at radius 2 is 1.71 bits per heavy atom. The lowest BCUT2D eigenvalue weighted by atomic mass is 10.1. The van der Waals surface area contributed by atoms with Crippen LogP contribution in [-0.2, 0) is 6.54 Å². The van der Waals surface area contributed by atoms with E-state index >= 15 is 0 Å². The third-order valence-corrected chi connectivity index (χ3v) is 3.06. The first-order chi connectivity index (χ1) is 10.3. The van der Waals surface area contributed by atoms with Crippen molar-refractivity contribution in [1.82, 2.24) is 5.32 Å². The topological polar surface area (TPSA) is 47.6 Å². The minimum atomic E-state index is -0.162. The first kappa shape index (κ1) is 14.9. The van der Waals surface area contributed by atoms with Crippen molar-refractivity contribution in [2.75, 3.05) is 13.7 Å². The summed E-state index contributed by atoms with van der Waals surface area (Å²) in [5, 5.41) is 2.89. The molecule has 4 nitrogen and oxygen atoms in total. The number of amides is 1. The summed E-state index contributed by atoms with van der Waals surface area (Å²) in [6.07, 6.45) is 0. The molecule has 0 radical (unpaired) electrons. The molecule has 0 saturated heterocycles. The number of hydrogen-bond acceptors (Lipinski definition) is 3. The van der Waals surface area contributed by atoms with Crippen LogP contribution in [0, 0.1) is 0 Å². The average molecular weight is 285 g/mol. The molecule has 1 N–H and O–H groups in total. The SMILES string of the molecule is CCOc1ccccc1C(=O)NCc1ccccc1OC. The second kappa shape index (κ2) is 7.33. The summed E-state index contributed by atoms with van der Waals surface area (Å²) in [6.45, 7) is 2.82. The predicted octanol–water partition coefficient (Wildman–Crippen LogP) is 3.02. The van der Waals surface area contributed by atoms with E-state index in [2.05, 4.69) is 5.32 Å². The van der Waals surface area contributed by atoms with E-state index in [0.29, 0.717) is 24.5 Å². The van der Waals surface area contributed by atoms with Crippen molar-refractivity contribution in [3.05, 3.63) is 59.7 Å². The number of methoxy groups -OCH3 is 1. The van der Waals surface area contributed by atoms with E-state index in [1.807, 2.05) is 43.3 Å². The van der Waals surface area contributed by atoms with Crippen LogP contribution in [0.5, 0.6) is 11.5 Å². The molecule has 21 heavy (non-hydrogen) atoms. The standard InChI is InChI=1S/C17H19NO3/c1-3-21-16-11-7-5-9-14(16)17(19)18-12-13-8-4-6-10-15(13)20-2/h4-11H,3,12H2,1-2H3,(H,18,19). The number of carbonyl (C=O) groups excluding carboxylic acids is 1. The monoisotopic (exact) mass is 285 g/mol. The zero-order chi connectivity index (χ0) is 15.1. The number of benzene rings is 2. The highest BCUT2D eigenvalue weighted by Gasteiger charge is 2.12. The summed E-state index contributed by atoms with van der Waals surface area (Å²) in [6, 6.07) is 14.8. The molecule has 0 aromatic heterocycles. The summed E-state index contributed by atoms with van der Waals surface area (Å²) in [4.78, 5) is 12.3. The van der Waals surface area contributed by atoms with E-state index < -0.39 is 0 Å². The van der Waals surface area contributed by atoms with Gasteiger partial charge in [-0.25, -0.2) is 0 Å². The third-order valence-electron chi connectivity index (χ3n) is 3.06. The summed E-state index contributed by atoms with van der Waals surface area (Å²) in [5.41, 5.74) is 1.47. The highest BCUT2D eigenvalue weighted by Crippen LogP contribution is 2.19. The largest absolute Gasteiger partial charge is 0.496 e. The van der Waals surface area contributed by atoms with Crippen LogP contribution in [0.2, 0.25) is 0 Å². The van der Waals surface area contributed by atoms with Gasteiger partial charge in [0.2, 0.25) is 0 Å². The number of ether oxygens (including phenoxy) is 2. The van der Waals surface area contributed by atoms with Crippen LogP contribution >= 0.6 is 0 Å². The van der Waals surface area contributed by atoms with Gasteiger partial charge in [-0.2, -0.15) is 0 Å². The fourth-order valence-electron chi connectivity index (χ4n) is 2.06. The van der Waals surface area contributed by atoms with E-state index in [0.717, 1.165) is 11.3 Å². The minimum Gasteiger partial charge on any atom is -0.496 e. The fraction of sp³-hybridized carbons (Fsp3) is 0.235. The van der Waals surface area contributed by atoms with Gasteiger partial charge in [0.1, 0.15) is 11.5 Å². The number of hydrogen-bond donors (Lipinski definition) is 1. The van der Waals surface area contributed by atoms with Crippen molar-refractivity contribution >= 4 is 5.91 Å². The molecule has 0 saturated carbocycles. The molecular formula is C17H19NO3. The van der Waals surface area contributed by atoms with Gasteiger partial charge in [0.25, 0.3) is 5.91 Å². The van der Waals surface area contributed by atoms with Crippen LogP contribution in [0.4, 0.5) is 0 Å². The molecule has 2 rings (SSSR count). The Bertz CT molecular complexity index is 610. The molecule has 0 aliphatic carbocycles. The smallest absolute Gasteiger partial charge is 0.255 e. The van der Waals surface area contributed by atoms with Gasteiger partial charge in [0.15, 0.2) is 0 Å². The zero-order valence-corrected chi connectivity index (χ0v) is 12.3. The van der Waals surface area contributed by atoms with Gasteiger partial charge >= 0.3 is 0 Å². The maximum absolute atomic E-state index is 12.3. The molecule has 4 heteroatoms. The Morgan fingerprint density at radius 3 is 2.43 bits per heavy atom. The van der Waals surface area contributed by atoms with Crippen molar-refractivity contribution < 1.29 is 14.3 Å². The van der Waals surface area contributed by atoms with Gasteiger partial charge < -0.3 is 14.8 Å². The van der Waals surface area contributed by atoms with Crippen molar-refractivity contribution in [1.29, 1.82) is 0 Å². The first-order valence-electron chi connectivity index (χ1n) is 6.88. The normalized spacial score (nSPS) is 10.0. The lowest BCUT2D eigenvalue weighted by Crippen LogP contribution is -2.23. The summed E-state index contributed by atoms with van der Waals surface area (Å²) in [7, 11) is 1.62. The highest BCUT2D eigenvalue weighted by atomic mass is 16.5. The molecule has 0 fully saturated rings. The second-order valence-corrected chi connectivity index (χ2v) is 4.42. The summed E-state index contributed by atoms with van der Waals surface area (Å²) >= 11 is 0. The van der Waals surface area contributed by atoms with Gasteiger partial charge in [-0.05, 0) is 25.1 Å². The first-order valence-corrected chi connectivity index (χ1v) is 6.88. The Morgan fingerprint density at radius 1 is 1.05 bits per heavy atom. The molecule has 0 unspecified atom stereocenters. The summed E-state index contributed by atoms with van der Waals surface area (Å²) in [5.74, 6) is 1.19. The molecule has 2 aromatic rings. The van der Waals surface area contributed by atoms with Crippen molar-refractivity contribution in [3.8, 4) is 11.5 Å². The number of carbonyl (C=O) groups is 1. The van der Waals surface area contributed by atoms with E-state index in [1.165, 1.54) is 0 Å². The molecule has 0 bridgehead atoms. The van der Waals surface area contributed by atoms with Gasteiger partial charge in [-0.3, -0.25) is 4.79 Å². The molecular weight excluding hydrogens is 266 g/mol. The molecule has 1 amide bonds. The molecule has 0 heterocycles. The molecule has 2 aromatic carbocycles. The van der Waals surface area contributed by atoms with E-state index in [1.54, 1.807) is 19.2 Å². The van der Waals surface area contributed by atoms with E-state index in [4.69, 9.17) is 9.47 Å². The lowest BCUT2D eigenvalue weighted by molar-refractivity contribution is 0.0947. The quantitative estimate of drug-likeness (QED) is 0.887. The van der Waals surface area contributed by atoms with Gasteiger partial charge in [0.05, 0.1) is 19.3 Å². The van der Waals surface area contributed by atoms with E-state index in [-0.39, 0.29) is 5.91 Å². The van der Waals surface area contributed by atoms with Crippen molar-refractivity contribution in [3.63, 3.8) is 0 Å². The molecule has 0 atom stereocenters.